The Morgan fingerprint density at radius 3 is 2.42 bits per heavy atom. The third-order valence-corrected chi connectivity index (χ3v) is 4.66. The Morgan fingerprint density at radius 2 is 1.88 bits per heavy atom. The topological polar surface area (TPSA) is 60.2 Å². The smallest absolute Gasteiger partial charge is 0.255 e. The maximum atomic E-state index is 13.0. The first-order chi connectivity index (χ1) is 12.5. The second-order valence-corrected chi connectivity index (χ2v) is 7.44. The van der Waals surface area contributed by atoms with Crippen molar-refractivity contribution < 1.29 is 4.79 Å². The number of hydrogen-bond donors (Lipinski definition) is 0. The highest BCUT2D eigenvalue weighted by Crippen LogP contribution is 2.16. The van der Waals surface area contributed by atoms with Gasteiger partial charge in [-0.1, -0.05) is 19.1 Å². The molecule has 136 valence electrons. The normalized spacial score (nSPS) is 10.6. The summed E-state index contributed by atoms with van der Waals surface area (Å²) in [7, 11) is 3.98. The predicted molar refractivity (Wildman–Crippen MR) is 105 cm³/mol. The third kappa shape index (κ3) is 5.87. The number of amides is 1. The van der Waals surface area contributed by atoms with E-state index < -0.39 is 0 Å². The van der Waals surface area contributed by atoms with E-state index in [1.165, 1.54) is 0 Å². The molecule has 0 saturated carbocycles. The second kappa shape index (κ2) is 9.95. The molecule has 5 nitrogen and oxygen atoms in total. The van der Waals surface area contributed by atoms with Gasteiger partial charge in [-0.2, -0.15) is 5.26 Å². The lowest BCUT2D eigenvalue weighted by Gasteiger charge is -2.24. The van der Waals surface area contributed by atoms with Crippen molar-refractivity contribution >= 4 is 17.7 Å². The highest BCUT2D eigenvalue weighted by molar-refractivity contribution is 7.99. The molecule has 0 fully saturated rings. The molecule has 0 unspecified atom stereocenters. The summed E-state index contributed by atoms with van der Waals surface area (Å²) in [5, 5.41) is 9.85. The van der Waals surface area contributed by atoms with Gasteiger partial charge in [-0.05, 0) is 49.7 Å². The van der Waals surface area contributed by atoms with Crippen LogP contribution >= 0.6 is 11.8 Å². The molecule has 0 N–H and O–H groups in total. The standard InChI is InChI=1S/C20H24N4OS/c1-4-26-19-10-9-18(14-22-19)20(25)24(12-11-23(2)3)15-17-7-5-16(13-21)6-8-17/h5-10,14H,4,11-12,15H2,1-3H3. The first-order valence-corrected chi connectivity index (χ1v) is 9.54. The van der Waals surface area contributed by atoms with E-state index in [1.807, 2.05) is 43.3 Å². The quantitative estimate of drug-likeness (QED) is 0.669. The fraction of sp³-hybridized carbons (Fsp3) is 0.350. The van der Waals surface area contributed by atoms with Crippen LogP contribution in [0.3, 0.4) is 0 Å². The minimum absolute atomic E-state index is 0.0308. The van der Waals surface area contributed by atoms with Crippen molar-refractivity contribution in [1.29, 1.82) is 5.26 Å². The van der Waals surface area contributed by atoms with Crippen LogP contribution in [-0.4, -0.2) is 53.6 Å². The van der Waals surface area contributed by atoms with Crippen molar-refractivity contribution in [3.8, 4) is 6.07 Å². The van der Waals surface area contributed by atoms with E-state index >= 15 is 0 Å². The average Bonchev–Trinajstić information content (AvgIpc) is 2.66. The third-order valence-electron chi connectivity index (χ3n) is 3.84. The lowest BCUT2D eigenvalue weighted by Crippen LogP contribution is -2.36. The fourth-order valence-electron chi connectivity index (χ4n) is 2.40. The van der Waals surface area contributed by atoms with Crippen LogP contribution in [0.4, 0.5) is 0 Å². The van der Waals surface area contributed by atoms with Gasteiger partial charge >= 0.3 is 0 Å². The SMILES string of the molecule is CCSc1ccc(C(=O)N(CCN(C)C)Cc2ccc(C#N)cc2)cn1. The maximum Gasteiger partial charge on any atom is 0.255 e. The molecule has 0 aliphatic heterocycles. The van der Waals surface area contributed by atoms with Gasteiger partial charge in [0.2, 0.25) is 0 Å². The van der Waals surface area contributed by atoms with Crippen LogP contribution in [-0.2, 0) is 6.54 Å². The molecule has 0 radical (unpaired) electrons. The van der Waals surface area contributed by atoms with Crippen LogP contribution in [0.15, 0.2) is 47.6 Å². The monoisotopic (exact) mass is 368 g/mol. The van der Waals surface area contributed by atoms with Gasteiger partial charge in [-0.3, -0.25) is 4.79 Å². The van der Waals surface area contributed by atoms with Crippen LogP contribution in [0, 0.1) is 11.3 Å². The first kappa shape index (κ1) is 20.0. The van der Waals surface area contributed by atoms with Gasteiger partial charge < -0.3 is 9.80 Å². The summed E-state index contributed by atoms with van der Waals surface area (Å²) in [6.07, 6.45) is 1.65. The summed E-state index contributed by atoms with van der Waals surface area (Å²) in [6.45, 7) is 3.98. The Balaban J connectivity index is 2.16. The highest BCUT2D eigenvalue weighted by atomic mass is 32.2. The molecule has 6 heteroatoms. The first-order valence-electron chi connectivity index (χ1n) is 8.55. The largest absolute Gasteiger partial charge is 0.333 e. The Labute approximate surface area is 159 Å². The zero-order valence-electron chi connectivity index (χ0n) is 15.5. The van der Waals surface area contributed by atoms with Gasteiger partial charge in [0, 0.05) is 25.8 Å². The van der Waals surface area contributed by atoms with E-state index in [0.717, 1.165) is 22.9 Å². The van der Waals surface area contributed by atoms with E-state index in [-0.39, 0.29) is 5.91 Å². The molecule has 2 rings (SSSR count). The molecular formula is C20H24N4OS. The molecule has 0 spiro atoms. The number of benzene rings is 1. The second-order valence-electron chi connectivity index (χ2n) is 6.16. The number of rotatable bonds is 8. The van der Waals surface area contributed by atoms with E-state index in [0.29, 0.717) is 24.2 Å². The average molecular weight is 369 g/mol. The van der Waals surface area contributed by atoms with E-state index in [9.17, 15) is 4.79 Å². The number of pyridine rings is 1. The van der Waals surface area contributed by atoms with Crippen LogP contribution in [0.25, 0.3) is 0 Å². The zero-order valence-corrected chi connectivity index (χ0v) is 16.3. The van der Waals surface area contributed by atoms with Crippen LogP contribution in [0.5, 0.6) is 0 Å². The number of aromatic nitrogens is 1. The number of thioether (sulfide) groups is 1. The molecule has 0 bridgehead atoms. The summed E-state index contributed by atoms with van der Waals surface area (Å²) in [4.78, 5) is 21.2. The molecule has 0 aliphatic rings. The van der Waals surface area contributed by atoms with Crippen LogP contribution in [0.1, 0.15) is 28.4 Å². The highest BCUT2D eigenvalue weighted by Gasteiger charge is 2.17. The van der Waals surface area contributed by atoms with Gasteiger partial charge in [0.05, 0.1) is 22.2 Å². The fourth-order valence-corrected chi connectivity index (χ4v) is 2.99. The van der Waals surface area contributed by atoms with E-state index in [4.69, 9.17) is 5.26 Å². The summed E-state index contributed by atoms with van der Waals surface area (Å²) in [5.41, 5.74) is 2.22. The van der Waals surface area contributed by atoms with Gasteiger partial charge in [0.1, 0.15) is 0 Å². The number of carbonyl (C=O) groups excluding carboxylic acids is 1. The molecular weight excluding hydrogens is 344 g/mol. The minimum Gasteiger partial charge on any atom is -0.333 e. The van der Waals surface area contributed by atoms with Crippen molar-refractivity contribution in [3.05, 3.63) is 59.3 Å². The molecule has 1 aromatic heterocycles. The Kier molecular flexibility index (Phi) is 7.64. The zero-order chi connectivity index (χ0) is 18.9. The number of hydrogen-bond acceptors (Lipinski definition) is 5. The van der Waals surface area contributed by atoms with Gasteiger partial charge in [-0.15, -0.1) is 11.8 Å². The molecule has 0 aliphatic carbocycles. The number of nitriles is 1. The Bertz CT molecular complexity index is 751. The van der Waals surface area contributed by atoms with Gasteiger partial charge in [0.15, 0.2) is 0 Å². The molecule has 0 saturated heterocycles. The molecule has 1 amide bonds. The maximum absolute atomic E-state index is 13.0. The lowest BCUT2D eigenvalue weighted by atomic mass is 10.1. The Morgan fingerprint density at radius 1 is 1.15 bits per heavy atom. The van der Waals surface area contributed by atoms with Gasteiger partial charge in [0.25, 0.3) is 5.91 Å². The van der Waals surface area contributed by atoms with Crippen molar-refractivity contribution in [2.24, 2.45) is 0 Å². The summed E-state index contributed by atoms with van der Waals surface area (Å²) >= 11 is 1.66. The lowest BCUT2D eigenvalue weighted by molar-refractivity contribution is 0.0731. The number of carbonyl (C=O) groups is 1. The summed E-state index contributed by atoms with van der Waals surface area (Å²) in [5.74, 6) is 0.922. The number of nitrogens with zero attached hydrogens (tertiary/aromatic N) is 4. The van der Waals surface area contributed by atoms with E-state index in [2.05, 4.69) is 22.9 Å². The number of likely N-dealkylation sites (N-methyl/N-ethyl adjacent to an activating group) is 1. The summed E-state index contributed by atoms with van der Waals surface area (Å²) < 4.78 is 0. The molecule has 26 heavy (non-hydrogen) atoms. The van der Waals surface area contributed by atoms with Crippen molar-refractivity contribution in [3.63, 3.8) is 0 Å². The minimum atomic E-state index is -0.0308. The van der Waals surface area contributed by atoms with E-state index in [1.54, 1.807) is 30.1 Å². The molecule has 0 atom stereocenters. The Hall–Kier alpha value is -2.36. The molecule has 2 aromatic rings. The van der Waals surface area contributed by atoms with Crippen LogP contribution < -0.4 is 0 Å². The summed E-state index contributed by atoms with van der Waals surface area (Å²) in [6, 6.07) is 13.2. The van der Waals surface area contributed by atoms with Crippen molar-refractivity contribution in [1.82, 2.24) is 14.8 Å². The molecule has 1 aromatic carbocycles. The van der Waals surface area contributed by atoms with Crippen molar-refractivity contribution in [2.45, 2.75) is 18.5 Å². The van der Waals surface area contributed by atoms with Crippen LogP contribution in [0.2, 0.25) is 0 Å². The van der Waals surface area contributed by atoms with Crippen molar-refractivity contribution in [2.75, 3.05) is 32.9 Å². The predicted octanol–water partition coefficient (Wildman–Crippen LogP) is 3.27. The molecule has 1 heterocycles. The van der Waals surface area contributed by atoms with Gasteiger partial charge in [-0.25, -0.2) is 4.98 Å².